The molecule has 0 amide bonds. The lowest BCUT2D eigenvalue weighted by Gasteiger charge is -2.11. The number of anilines is 2. The molecule has 6 heteroatoms. The number of aromatic nitrogens is 1. The minimum atomic E-state index is -3.64. The third kappa shape index (κ3) is 4.40. The maximum absolute atomic E-state index is 12.6. The van der Waals surface area contributed by atoms with Gasteiger partial charge in [-0.2, -0.15) is 0 Å². The molecule has 0 bridgehead atoms. The second-order valence-electron chi connectivity index (χ2n) is 6.15. The summed E-state index contributed by atoms with van der Waals surface area (Å²) in [5.41, 5.74) is 3.31. The molecule has 5 nitrogen and oxygen atoms in total. The van der Waals surface area contributed by atoms with Crippen LogP contribution in [0.2, 0.25) is 0 Å². The van der Waals surface area contributed by atoms with Gasteiger partial charge in [0.05, 0.1) is 16.8 Å². The average Bonchev–Trinajstić information content (AvgIpc) is 2.61. The highest BCUT2D eigenvalue weighted by Crippen LogP contribution is 2.20. The fraction of sp³-hybridized carbons (Fsp3) is 0.150. The highest BCUT2D eigenvalue weighted by atomic mass is 32.2. The Kier molecular flexibility index (Phi) is 5.23. The number of rotatable bonds is 6. The van der Waals surface area contributed by atoms with Gasteiger partial charge in [0, 0.05) is 6.54 Å². The van der Waals surface area contributed by atoms with E-state index in [9.17, 15) is 8.42 Å². The molecule has 0 aliphatic heterocycles. The van der Waals surface area contributed by atoms with E-state index >= 15 is 0 Å². The van der Waals surface area contributed by atoms with E-state index in [-0.39, 0.29) is 4.90 Å². The van der Waals surface area contributed by atoms with E-state index in [0.29, 0.717) is 23.6 Å². The number of hydrogen-bond acceptors (Lipinski definition) is 4. The van der Waals surface area contributed by atoms with Crippen LogP contribution in [0.3, 0.4) is 0 Å². The van der Waals surface area contributed by atoms with Gasteiger partial charge in [0.15, 0.2) is 0 Å². The van der Waals surface area contributed by atoms with Gasteiger partial charge in [0.1, 0.15) is 5.82 Å². The Hall–Kier alpha value is -2.86. The summed E-state index contributed by atoms with van der Waals surface area (Å²) in [6.07, 6.45) is 1.51. The lowest BCUT2D eigenvalue weighted by molar-refractivity contribution is 0.600. The molecular formula is C20H21N3O2S. The molecule has 2 N–H and O–H groups in total. The first-order valence-electron chi connectivity index (χ1n) is 8.28. The maximum Gasteiger partial charge on any atom is 0.262 e. The Morgan fingerprint density at radius 3 is 2.38 bits per heavy atom. The van der Waals surface area contributed by atoms with E-state index in [1.54, 1.807) is 31.2 Å². The maximum atomic E-state index is 12.6. The topological polar surface area (TPSA) is 71.1 Å². The number of aryl methyl sites for hydroxylation is 2. The fourth-order valence-corrected chi connectivity index (χ4v) is 3.93. The smallest absolute Gasteiger partial charge is 0.262 e. The number of benzene rings is 2. The molecule has 0 atom stereocenters. The van der Waals surface area contributed by atoms with Gasteiger partial charge in [-0.1, -0.05) is 48.0 Å². The van der Waals surface area contributed by atoms with Crippen LogP contribution in [-0.4, -0.2) is 13.4 Å². The third-order valence-electron chi connectivity index (χ3n) is 3.95. The van der Waals surface area contributed by atoms with Crippen molar-refractivity contribution in [1.82, 2.24) is 4.98 Å². The summed E-state index contributed by atoms with van der Waals surface area (Å²) in [6.45, 7) is 4.37. The van der Waals surface area contributed by atoms with Gasteiger partial charge >= 0.3 is 0 Å². The summed E-state index contributed by atoms with van der Waals surface area (Å²) in [5.74, 6) is 0.684. The Balaban J connectivity index is 1.68. The highest BCUT2D eigenvalue weighted by molar-refractivity contribution is 7.92. The van der Waals surface area contributed by atoms with Gasteiger partial charge in [0.25, 0.3) is 10.0 Å². The summed E-state index contributed by atoms with van der Waals surface area (Å²) in [6, 6.07) is 18.7. The van der Waals surface area contributed by atoms with Gasteiger partial charge in [-0.05, 0) is 43.2 Å². The average molecular weight is 367 g/mol. The molecular weight excluding hydrogens is 346 g/mol. The Bertz CT molecular complexity index is 985. The zero-order chi connectivity index (χ0) is 18.6. The van der Waals surface area contributed by atoms with E-state index in [0.717, 1.165) is 11.1 Å². The van der Waals surface area contributed by atoms with E-state index in [4.69, 9.17) is 0 Å². The van der Waals surface area contributed by atoms with E-state index < -0.39 is 10.0 Å². The van der Waals surface area contributed by atoms with Crippen molar-refractivity contribution >= 4 is 21.5 Å². The quantitative estimate of drug-likeness (QED) is 0.688. The van der Waals surface area contributed by atoms with Crippen LogP contribution in [0.1, 0.15) is 16.7 Å². The minimum absolute atomic E-state index is 0.273. The van der Waals surface area contributed by atoms with Crippen molar-refractivity contribution < 1.29 is 8.42 Å². The molecule has 2 aromatic carbocycles. The second kappa shape index (κ2) is 7.58. The van der Waals surface area contributed by atoms with Crippen LogP contribution < -0.4 is 10.0 Å². The number of sulfonamides is 1. The van der Waals surface area contributed by atoms with Crippen LogP contribution in [0.25, 0.3) is 0 Å². The Labute approximate surface area is 154 Å². The van der Waals surface area contributed by atoms with Crippen LogP contribution in [0.4, 0.5) is 11.5 Å². The van der Waals surface area contributed by atoms with Crippen molar-refractivity contribution in [2.45, 2.75) is 25.3 Å². The first-order valence-corrected chi connectivity index (χ1v) is 9.76. The van der Waals surface area contributed by atoms with E-state index in [2.05, 4.69) is 15.0 Å². The fourth-order valence-electron chi connectivity index (χ4n) is 2.66. The summed E-state index contributed by atoms with van der Waals surface area (Å²) in [5, 5.41) is 3.21. The Morgan fingerprint density at radius 1 is 0.962 bits per heavy atom. The van der Waals surface area contributed by atoms with Crippen LogP contribution in [0.15, 0.2) is 71.8 Å². The number of pyridine rings is 1. The third-order valence-corrected chi connectivity index (χ3v) is 5.49. The molecule has 134 valence electrons. The summed E-state index contributed by atoms with van der Waals surface area (Å²) in [7, 11) is -3.64. The molecule has 0 aliphatic carbocycles. The summed E-state index contributed by atoms with van der Waals surface area (Å²) in [4.78, 5) is 4.54. The molecule has 26 heavy (non-hydrogen) atoms. The van der Waals surface area contributed by atoms with Gasteiger partial charge in [0.2, 0.25) is 0 Å². The molecule has 0 unspecified atom stereocenters. The van der Waals surface area contributed by atoms with Crippen molar-refractivity contribution in [3.63, 3.8) is 0 Å². The largest absolute Gasteiger partial charge is 0.366 e. The van der Waals surface area contributed by atoms with Crippen LogP contribution in [0.5, 0.6) is 0 Å². The molecule has 3 aromatic rings. The monoisotopic (exact) mass is 367 g/mol. The highest BCUT2D eigenvalue weighted by Gasteiger charge is 2.17. The molecule has 1 aromatic heterocycles. The van der Waals surface area contributed by atoms with Crippen molar-refractivity contribution in [3.05, 3.63) is 83.6 Å². The summed E-state index contributed by atoms with van der Waals surface area (Å²) >= 11 is 0. The predicted octanol–water partition coefficient (Wildman–Crippen LogP) is 4.11. The molecule has 3 rings (SSSR count). The molecule has 1 heterocycles. The molecule has 0 saturated heterocycles. The zero-order valence-electron chi connectivity index (χ0n) is 14.7. The van der Waals surface area contributed by atoms with E-state index in [1.807, 2.05) is 43.3 Å². The zero-order valence-corrected chi connectivity index (χ0v) is 15.5. The number of hydrogen-bond donors (Lipinski definition) is 2. The van der Waals surface area contributed by atoms with Crippen molar-refractivity contribution in [1.29, 1.82) is 0 Å². The summed E-state index contributed by atoms with van der Waals surface area (Å²) < 4.78 is 27.7. The first kappa shape index (κ1) is 17.9. The second-order valence-corrected chi connectivity index (χ2v) is 7.80. The Morgan fingerprint density at radius 2 is 1.73 bits per heavy atom. The van der Waals surface area contributed by atoms with Gasteiger partial charge < -0.3 is 5.32 Å². The molecule has 0 spiro atoms. The number of nitrogens with zero attached hydrogens (tertiary/aromatic N) is 1. The SMILES string of the molecule is Cc1ccc(S(=O)(=O)Nc2ccc(NCc3ccccc3)nc2)c(C)c1. The molecule has 0 aliphatic rings. The molecule has 0 fully saturated rings. The lowest BCUT2D eigenvalue weighted by Crippen LogP contribution is -2.14. The first-order chi connectivity index (χ1) is 12.4. The normalized spacial score (nSPS) is 11.2. The van der Waals surface area contributed by atoms with Crippen LogP contribution in [0, 0.1) is 13.8 Å². The van der Waals surface area contributed by atoms with Crippen LogP contribution >= 0.6 is 0 Å². The van der Waals surface area contributed by atoms with Crippen molar-refractivity contribution in [2.75, 3.05) is 10.0 Å². The minimum Gasteiger partial charge on any atom is -0.366 e. The standard InChI is InChI=1S/C20H21N3O2S/c1-15-8-10-19(16(2)12-15)26(24,25)23-18-9-11-20(22-14-18)21-13-17-6-4-3-5-7-17/h3-12,14,23H,13H2,1-2H3,(H,21,22). The lowest BCUT2D eigenvalue weighted by atomic mass is 10.2. The van der Waals surface area contributed by atoms with Gasteiger partial charge in [-0.3, -0.25) is 4.72 Å². The van der Waals surface area contributed by atoms with Gasteiger partial charge in [-0.25, -0.2) is 13.4 Å². The van der Waals surface area contributed by atoms with E-state index in [1.165, 1.54) is 6.20 Å². The predicted molar refractivity (Wildman–Crippen MR) is 105 cm³/mol. The van der Waals surface area contributed by atoms with Gasteiger partial charge in [-0.15, -0.1) is 0 Å². The van der Waals surface area contributed by atoms with Crippen LogP contribution in [-0.2, 0) is 16.6 Å². The van der Waals surface area contributed by atoms with Crippen molar-refractivity contribution in [2.24, 2.45) is 0 Å². The number of nitrogens with one attached hydrogen (secondary N) is 2. The molecule has 0 saturated carbocycles. The van der Waals surface area contributed by atoms with Crippen molar-refractivity contribution in [3.8, 4) is 0 Å². The molecule has 0 radical (unpaired) electrons.